The van der Waals surface area contributed by atoms with E-state index >= 15 is 0 Å². The van der Waals surface area contributed by atoms with E-state index in [1.54, 1.807) is 0 Å². The van der Waals surface area contributed by atoms with E-state index in [-0.39, 0.29) is 5.78 Å². The molecule has 4 heteroatoms. The third kappa shape index (κ3) is 8.33. The summed E-state index contributed by atoms with van der Waals surface area (Å²) in [4.78, 5) is 20.8. The number of carbonyl (C=O) groups is 2. The maximum Gasteiger partial charge on any atom is 0.505 e. The van der Waals surface area contributed by atoms with Gasteiger partial charge in [0, 0.05) is 12.0 Å². The molecule has 1 aromatic carbocycles. The number of rotatable bonds is 5. The van der Waals surface area contributed by atoms with E-state index in [1.807, 2.05) is 44.2 Å². The number of carbonyl (C=O) groups excluding carboxylic acids is 1. The largest absolute Gasteiger partial charge is 0.505 e. The minimum absolute atomic E-state index is 0.244. The monoisotopic (exact) mass is 252 g/mol. The van der Waals surface area contributed by atoms with Crippen molar-refractivity contribution in [3.05, 3.63) is 35.9 Å². The molecule has 0 aromatic heterocycles. The molecule has 0 bridgehead atoms. The number of Topliss-reactive ketones (excluding diaryl/α,β-unsaturated/α-hetero) is 1. The lowest BCUT2D eigenvalue weighted by Crippen LogP contribution is -1.99. The summed E-state index contributed by atoms with van der Waals surface area (Å²) in [7, 11) is 0. The van der Waals surface area contributed by atoms with Crippen molar-refractivity contribution in [1.82, 2.24) is 0 Å². The van der Waals surface area contributed by atoms with Gasteiger partial charge in [0.15, 0.2) is 5.78 Å². The van der Waals surface area contributed by atoms with Crippen LogP contribution in [0.3, 0.4) is 0 Å². The molecule has 0 atom stereocenters. The summed E-state index contributed by atoms with van der Waals surface area (Å²) in [6.07, 6.45) is 1.13. The number of ether oxygens (including phenoxy) is 1. The number of hydrogen-bond donors (Lipinski definition) is 1. The molecule has 0 unspecified atom stereocenters. The molecule has 100 valence electrons. The Morgan fingerprint density at radius 3 is 2.11 bits per heavy atom. The lowest BCUT2D eigenvalue weighted by Gasteiger charge is -1.96. The van der Waals surface area contributed by atoms with Gasteiger partial charge in [-0.2, -0.15) is 0 Å². The molecule has 0 aliphatic rings. The highest BCUT2D eigenvalue weighted by Gasteiger charge is 2.01. The predicted octanol–water partition coefficient (Wildman–Crippen LogP) is 3.76. The second kappa shape index (κ2) is 10.3. The van der Waals surface area contributed by atoms with Gasteiger partial charge in [-0.25, -0.2) is 4.79 Å². The van der Waals surface area contributed by atoms with E-state index in [1.165, 1.54) is 0 Å². The van der Waals surface area contributed by atoms with Gasteiger partial charge in [-0.1, -0.05) is 44.2 Å². The van der Waals surface area contributed by atoms with Crippen molar-refractivity contribution < 1.29 is 19.4 Å². The summed E-state index contributed by atoms with van der Waals surface area (Å²) in [6, 6.07) is 9.42. The maximum absolute atomic E-state index is 11.2. The van der Waals surface area contributed by atoms with Gasteiger partial charge < -0.3 is 9.84 Å². The first-order valence-electron chi connectivity index (χ1n) is 6.05. The molecular formula is C14H20O4. The average Bonchev–Trinajstić information content (AvgIpc) is 2.38. The Hall–Kier alpha value is -1.84. The molecule has 4 nitrogen and oxygen atoms in total. The lowest BCUT2D eigenvalue weighted by molar-refractivity contribution is 0.0916. The van der Waals surface area contributed by atoms with Crippen molar-refractivity contribution in [1.29, 1.82) is 0 Å². The summed E-state index contributed by atoms with van der Waals surface area (Å²) >= 11 is 0. The summed E-state index contributed by atoms with van der Waals surface area (Å²) in [5.41, 5.74) is 0.828. The molecular weight excluding hydrogens is 232 g/mol. The summed E-state index contributed by atoms with van der Waals surface area (Å²) in [5, 5.41) is 7.82. The topological polar surface area (TPSA) is 63.6 Å². The van der Waals surface area contributed by atoms with Gasteiger partial charge in [-0.05, 0) is 12.8 Å². The highest BCUT2D eigenvalue weighted by atomic mass is 16.7. The zero-order valence-corrected chi connectivity index (χ0v) is 10.9. The molecule has 0 heterocycles. The zero-order chi connectivity index (χ0) is 13.8. The lowest BCUT2D eigenvalue weighted by atomic mass is 10.1. The second-order valence-electron chi connectivity index (χ2n) is 3.65. The maximum atomic E-state index is 11.2. The third-order valence-electron chi connectivity index (χ3n) is 2.00. The minimum atomic E-state index is -1.19. The molecule has 0 radical (unpaired) electrons. The van der Waals surface area contributed by atoms with E-state index in [9.17, 15) is 9.59 Å². The van der Waals surface area contributed by atoms with Crippen LogP contribution in [0.15, 0.2) is 30.3 Å². The van der Waals surface area contributed by atoms with Gasteiger partial charge in [0.25, 0.3) is 0 Å². The van der Waals surface area contributed by atoms with Gasteiger partial charge in [0.2, 0.25) is 0 Å². The van der Waals surface area contributed by atoms with Crippen LogP contribution in [0.5, 0.6) is 0 Å². The number of hydrogen-bond acceptors (Lipinski definition) is 3. The van der Waals surface area contributed by atoms with E-state index < -0.39 is 6.16 Å². The molecule has 0 fully saturated rings. The molecule has 18 heavy (non-hydrogen) atoms. The Kier molecular flexibility index (Phi) is 9.27. The summed E-state index contributed by atoms with van der Waals surface area (Å²) in [5.74, 6) is 0.244. The fourth-order valence-electron chi connectivity index (χ4n) is 1.18. The van der Waals surface area contributed by atoms with E-state index in [0.717, 1.165) is 18.4 Å². The normalized spacial score (nSPS) is 9.00. The summed E-state index contributed by atoms with van der Waals surface area (Å²) in [6.45, 7) is 4.17. The predicted molar refractivity (Wildman–Crippen MR) is 69.9 cm³/mol. The van der Waals surface area contributed by atoms with Crippen molar-refractivity contribution in [2.45, 2.75) is 33.1 Å². The van der Waals surface area contributed by atoms with Crippen LogP contribution < -0.4 is 0 Å². The smallest absolute Gasteiger partial charge is 0.450 e. The third-order valence-corrected chi connectivity index (χ3v) is 2.00. The first-order valence-corrected chi connectivity index (χ1v) is 6.05. The highest BCUT2D eigenvalue weighted by molar-refractivity contribution is 5.95. The van der Waals surface area contributed by atoms with E-state index in [4.69, 9.17) is 5.11 Å². The first kappa shape index (κ1) is 16.2. The van der Waals surface area contributed by atoms with Gasteiger partial charge >= 0.3 is 6.16 Å². The Bertz CT molecular complexity index is 346. The minimum Gasteiger partial charge on any atom is -0.450 e. The molecule has 0 saturated heterocycles. The van der Waals surface area contributed by atoms with Crippen LogP contribution >= 0.6 is 0 Å². The molecule has 0 aliphatic carbocycles. The Balaban J connectivity index is 0.000000360. The van der Waals surface area contributed by atoms with Crippen molar-refractivity contribution in [3.63, 3.8) is 0 Å². The molecule has 1 N–H and O–H groups in total. The van der Waals surface area contributed by atoms with Crippen LogP contribution in [0.25, 0.3) is 0 Å². The number of benzene rings is 1. The van der Waals surface area contributed by atoms with Crippen LogP contribution in [0.2, 0.25) is 0 Å². The van der Waals surface area contributed by atoms with Crippen LogP contribution in [-0.2, 0) is 4.74 Å². The van der Waals surface area contributed by atoms with Crippen LogP contribution in [0, 0.1) is 0 Å². The van der Waals surface area contributed by atoms with Crippen molar-refractivity contribution in [2.75, 3.05) is 6.61 Å². The van der Waals surface area contributed by atoms with E-state index in [2.05, 4.69) is 4.74 Å². The Morgan fingerprint density at radius 1 is 1.11 bits per heavy atom. The standard InChI is InChI=1S/C10H12O.C4H8O3/c1-2-6-10(11)9-7-4-3-5-8-9;1-2-3-7-4(5)6/h3-5,7-8H,2,6H2,1H3;2-3H2,1H3,(H,5,6). The zero-order valence-electron chi connectivity index (χ0n) is 10.9. The molecule has 0 aliphatic heterocycles. The van der Waals surface area contributed by atoms with Crippen molar-refractivity contribution in [3.8, 4) is 0 Å². The average molecular weight is 252 g/mol. The number of ketones is 1. The van der Waals surface area contributed by atoms with Gasteiger partial charge in [-0.15, -0.1) is 0 Å². The Labute approximate surface area is 108 Å². The SMILES string of the molecule is CCCC(=O)c1ccccc1.CCCOC(=O)O. The van der Waals surface area contributed by atoms with E-state index in [0.29, 0.717) is 13.0 Å². The second-order valence-corrected chi connectivity index (χ2v) is 3.65. The molecule has 0 saturated carbocycles. The van der Waals surface area contributed by atoms with Gasteiger partial charge in [0.1, 0.15) is 0 Å². The molecule has 1 rings (SSSR count). The van der Waals surface area contributed by atoms with Crippen LogP contribution in [-0.4, -0.2) is 23.7 Å². The molecule has 0 amide bonds. The van der Waals surface area contributed by atoms with Gasteiger partial charge in [0.05, 0.1) is 6.61 Å². The number of carboxylic acid groups (broad SMARTS) is 1. The van der Waals surface area contributed by atoms with Gasteiger partial charge in [-0.3, -0.25) is 4.79 Å². The highest BCUT2D eigenvalue weighted by Crippen LogP contribution is 2.03. The Morgan fingerprint density at radius 2 is 1.72 bits per heavy atom. The molecule has 1 aromatic rings. The summed E-state index contributed by atoms with van der Waals surface area (Å²) < 4.78 is 4.11. The fraction of sp³-hybridized carbons (Fsp3) is 0.429. The van der Waals surface area contributed by atoms with Crippen LogP contribution in [0.4, 0.5) is 4.79 Å². The first-order chi connectivity index (χ1) is 8.61. The van der Waals surface area contributed by atoms with Crippen molar-refractivity contribution >= 4 is 11.9 Å². The fourth-order valence-corrected chi connectivity index (χ4v) is 1.18. The molecule has 0 spiro atoms. The quantitative estimate of drug-likeness (QED) is 0.640. The van der Waals surface area contributed by atoms with Crippen molar-refractivity contribution in [2.24, 2.45) is 0 Å². The van der Waals surface area contributed by atoms with Crippen LogP contribution in [0.1, 0.15) is 43.5 Å².